The summed E-state index contributed by atoms with van der Waals surface area (Å²) < 4.78 is 10.8. The number of carbonyl (C=O) groups is 2. The molecule has 0 unspecified atom stereocenters. The van der Waals surface area contributed by atoms with Crippen LogP contribution in [-0.2, 0) is 19.1 Å². The van der Waals surface area contributed by atoms with Crippen molar-refractivity contribution in [2.45, 2.75) is 200 Å². The van der Waals surface area contributed by atoms with E-state index in [0.29, 0.717) is 12.8 Å². The molecule has 0 rings (SSSR count). The average Bonchev–Trinajstić information content (AvgIpc) is 2.99. The zero-order valence-corrected chi connectivity index (χ0v) is 28.7. The summed E-state index contributed by atoms with van der Waals surface area (Å²) in [5.74, 6) is -0.322. The van der Waals surface area contributed by atoms with Crippen molar-refractivity contribution < 1.29 is 19.1 Å². The molecule has 0 saturated heterocycles. The van der Waals surface area contributed by atoms with Gasteiger partial charge in [-0.15, -0.1) is 11.6 Å². The fourth-order valence-corrected chi connectivity index (χ4v) is 5.39. The number of allylic oxidation sites excluding steroid dienone is 2. The van der Waals surface area contributed by atoms with Crippen molar-refractivity contribution in [3.63, 3.8) is 0 Å². The number of hydrogen-bond donors (Lipinski definition) is 0. The molecule has 0 aliphatic rings. The average molecular weight is 613 g/mol. The Labute approximate surface area is 266 Å². The van der Waals surface area contributed by atoms with Gasteiger partial charge in [-0.1, -0.05) is 154 Å². The van der Waals surface area contributed by atoms with Gasteiger partial charge in [0.1, 0.15) is 12.7 Å². The largest absolute Gasteiger partial charge is 0.462 e. The number of esters is 2. The van der Waals surface area contributed by atoms with Crippen molar-refractivity contribution >= 4 is 23.5 Å². The third-order valence-corrected chi connectivity index (χ3v) is 8.37. The van der Waals surface area contributed by atoms with Gasteiger partial charge < -0.3 is 9.47 Å². The Bertz CT molecular complexity index is 607. The third-order valence-electron chi connectivity index (χ3n) is 8.03. The van der Waals surface area contributed by atoms with Gasteiger partial charge in [-0.05, 0) is 38.5 Å². The van der Waals surface area contributed by atoms with Crippen LogP contribution in [0.3, 0.4) is 0 Å². The van der Waals surface area contributed by atoms with Crippen LogP contribution in [0.1, 0.15) is 194 Å². The normalized spacial score (nSPS) is 12.2. The van der Waals surface area contributed by atoms with Crippen LogP contribution in [0.4, 0.5) is 0 Å². The molecule has 248 valence electrons. The van der Waals surface area contributed by atoms with E-state index in [-0.39, 0.29) is 24.4 Å². The van der Waals surface area contributed by atoms with Gasteiger partial charge in [0.2, 0.25) is 0 Å². The number of ether oxygens (including phenoxy) is 2. The lowest BCUT2D eigenvalue weighted by Gasteiger charge is -2.15. The van der Waals surface area contributed by atoms with Gasteiger partial charge in [-0.25, -0.2) is 0 Å². The standard InChI is InChI=1S/C37H69ClO4/c1-3-5-7-9-11-13-15-17-18-20-22-24-26-28-30-32-37(40)42-35(33-38)34-41-36(39)31-29-27-25-23-21-19-16-14-12-10-8-6-4-2/h17-18,35H,3-16,19-34H2,1-2H3/b18-17+/t35-/m1/s1. The quantitative estimate of drug-likeness (QED) is 0.0320. The first-order valence-electron chi connectivity index (χ1n) is 18.2. The van der Waals surface area contributed by atoms with Gasteiger partial charge in [0.25, 0.3) is 0 Å². The van der Waals surface area contributed by atoms with Crippen molar-refractivity contribution in [1.29, 1.82) is 0 Å². The first-order chi connectivity index (χ1) is 20.6. The molecule has 0 aliphatic heterocycles. The van der Waals surface area contributed by atoms with Crippen molar-refractivity contribution in [1.82, 2.24) is 0 Å². The van der Waals surface area contributed by atoms with Gasteiger partial charge in [0, 0.05) is 12.8 Å². The predicted molar refractivity (Wildman–Crippen MR) is 181 cm³/mol. The van der Waals surface area contributed by atoms with Gasteiger partial charge in [0.05, 0.1) is 5.88 Å². The summed E-state index contributed by atoms with van der Waals surface area (Å²) in [7, 11) is 0. The lowest BCUT2D eigenvalue weighted by Crippen LogP contribution is -2.26. The number of carbonyl (C=O) groups excluding carboxylic acids is 2. The molecule has 0 N–H and O–H groups in total. The predicted octanol–water partition coefficient (Wildman–Crippen LogP) is 12.2. The Kier molecular flexibility index (Phi) is 33.6. The topological polar surface area (TPSA) is 52.6 Å². The molecule has 0 amide bonds. The minimum Gasteiger partial charge on any atom is -0.462 e. The second-order valence-corrected chi connectivity index (χ2v) is 12.6. The molecule has 1 atom stereocenters. The molecule has 4 nitrogen and oxygen atoms in total. The van der Waals surface area contributed by atoms with Crippen molar-refractivity contribution in [3.8, 4) is 0 Å². The van der Waals surface area contributed by atoms with Crippen LogP contribution >= 0.6 is 11.6 Å². The van der Waals surface area contributed by atoms with E-state index in [1.54, 1.807) is 0 Å². The van der Waals surface area contributed by atoms with Crippen LogP contribution in [0.25, 0.3) is 0 Å². The summed E-state index contributed by atoms with van der Waals surface area (Å²) in [4.78, 5) is 24.2. The second kappa shape index (κ2) is 34.5. The lowest BCUT2D eigenvalue weighted by atomic mass is 10.0. The van der Waals surface area contributed by atoms with Crippen LogP contribution in [0.5, 0.6) is 0 Å². The number of halogens is 1. The molecule has 0 aromatic heterocycles. The van der Waals surface area contributed by atoms with Gasteiger partial charge in [0.15, 0.2) is 0 Å². The Morgan fingerprint density at radius 3 is 1.29 bits per heavy atom. The summed E-state index contributed by atoms with van der Waals surface area (Å²) in [6.07, 6.45) is 37.6. The van der Waals surface area contributed by atoms with Crippen molar-refractivity contribution in [3.05, 3.63) is 12.2 Å². The molecule has 0 saturated carbocycles. The maximum absolute atomic E-state index is 12.2. The van der Waals surface area contributed by atoms with Crippen molar-refractivity contribution in [2.75, 3.05) is 12.5 Å². The van der Waals surface area contributed by atoms with E-state index in [1.165, 1.54) is 128 Å². The van der Waals surface area contributed by atoms with Gasteiger partial charge >= 0.3 is 11.9 Å². The first-order valence-corrected chi connectivity index (χ1v) is 18.7. The van der Waals surface area contributed by atoms with Gasteiger partial charge in [-0.3, -0.25) is 9.59 Å². The Morgan fingerprint density at radius 2 is 0.881 bits per heavy atom. The fraction of sp³-hybridized carbons (Fsp3) is 0.892. The summed E-state index contributed by atoms with van der Waals surface area (Å²) in [5.41, 5.74) is 0. The molecule has 0 aromatic rings. The zero-order valence-electron chi connectivity index (χ0n) is 28.0. The molecular weight excluding hydrogens is 544 g/mol. The summed E-state index contributed by atoms with van der Waals surface area (Å²) in [5, 5.41) is 0. The zero-order chi connectivity index (χ0) is 30.8. The first kappa shape index (κ1) is 41.0. The van der Waals surface area contributed by atoms with Crippen LogP contribution in [0, 0.1) is 0 Å². The smallest absolute Gasteiger partial charge is 0.306 e. The highest BCUT2D eigenvalue weighted by molar-refractivity contribution is 6.18. The lowest BCUT2D eigenvalue weighted by molar-refractivity contribution is -0.157. The van der Waals surface area contributed by atoms with E-state index in [9.17, 15) is 9.59 Å². The fourth-order valence-electron chi connectivity index (χ4n) is 5.24. The Balaban J connectivity index is 3.55. The monoisotopic (exact) mass is 612 g/mol. The highest BCUT2D eigenvalue weighted by Gasteiger charge is 2.16. The Hall–Kier alpha value is -1.03. The maximum Gasteiger partial charge on any atom is 0.306 e. The van der Waals surface area contributed by atoms with Gasteiger partial charge in [-0.2, -0.15) is 0 Å². The Morgan fingerprint density at radius 1 is 0.524 bits per heavy atom. The van der Waals surface area contributed by atoms with E-state index < -0.39 is 6.10 Å². The van der Waals surface area contributed by atoms with Crippen LogP contribution in [0.15, 0.2) is 12.2 Å². The number of unbranched alkanes of at least 4 members (excludes halogenated alkanes) is 23. The summed E-state index contributed by atoms with van der Waals surface area (Å²) in [6.45, 7) is 4.58. The SMILES string of the molecule is CCCCCCCC/C=C/CCCCCCCC(=O)O[C@H](CCl)COC(=O)CCCCCCCCCCCCCCC. The molecule has 0 aromatic carbocycles. The van der Waals surface area contributed by atoms with E-state index >= 15 is 0 Å². The third kappa shape index (κ3) is 31.9. The van der Waals surface area contributed by atoms with E-state index in [0.717, 1.165) is 38.5 Å². The molecular formula is C37H69ClO4. The molecule has 0 heterocycles. The van der Waals surface area contributed by atoms with Crippen LogP contribution < -0.4 is 0 Å². The van der Waals surface area contributed by atoms with E-state index in [2.05, 4.69) is 26.0 Å². The molecule has 0 bridgehead atoms. The minimum atomic E-state index is -0.558. The molecule has 0 aliphatic carbocycles. The van der Waals surface area contributed by atoms with Crippen molar-refractivity contribution in [2.24, 2.45) is 0 Å². The molecule has 42 heavy (non-hydrogen) atoms. The minimum absolute atomic E-state index is 0.0545. The van der Waals surface area contributed by atoms with E-state index in [1.807, 2.05) is 0 Å². The summed E-state index contributed by atoms with van der Waals surface area (Å²) >= 11 is 5.95. The maximum atomic E-state index is 12.2. The molecule has 0 fully saturated rings. The highest BCUT2D eigenvalue weighted by Crippen LogP contribution is 2.14. The number of rotatable bonds is 33. The second-order valence-electron chi connectivity index (χ2n) is 12.3. The molecule has 0 radical (unpaired) electrons. The number of alkyl halides is 1. The summed E-state index contributed by atoms with van der Waals surface area (Å²) in [6, 6.07) is 0. The van der Waals surface area contributed by atoms with E-state index in [4.69, 9.17) is 21.1 Å². The molecule has 5 heteroatoms. The number of hydrogen-bond acceptors (Lipinski definition) is 4. The molecule has 0 spiro atoms. The van der Waals surface area contributed by atoms with Crippen LogP contribution in [-0.4, -0.2) is 30.5 Å². The highest BCUT2D eigenvalue weighted by atomic mass is 35.5. The van der Waals surface area contributed by atoms with Crippen LogP contribution in [0.2, 0.25) is 0 Å².